The second kappa shape index (κ2) is 7.99. The molecule has 0 bridgehead atoms. The van der Waals surface area contributed by atoms with Crippen molar-refractivity contribution in [3.8, 4) is 0 Å². The molecular formula is C15H19NO4. The van der Waals surface area contributed by atoms with Crippen LogP contribution >= 0.6 is 0 Å². The molecule has 0 saturated carbocycles. The molecule has 0 heterocycles. The summed E-state index contributed by atoms with van der Waals surface area (Å²) in [6, 6.07) is 7.26. The van der Waals surface area contributed by atoms with E-state index in [-0.39, 0.29) is 12.2 Å². The van der Waals surface area contributed by atoms with E-state index in [1.54, 1.807) is 26.0 Å². The first kappa shape index (κ1) is 15.8. The van der Waals surface area contributed by atoms with E-state index >= 15 is 0 Å². The van der Waals surface area contributed by atoms with Crippen molar-refractivity contribution in [3.05, 3.63) is 41.7 Å². The van der Waals surface area contributed by atoms with E-state index in [1.807, 2.05) is 19.1 Å². The summed E-state index contributed by atoms with van der Waals surface area (Å²) in [5.41, 5.74) is 1.53. The second-order valence-corrected chi connectivity index (χ2v) is 4.03. The van der Waals surface area contributed by atoms with E-state index in [0.29, 0.717) is 12.3 Å². The fourth-order valence-corrected chi connectivity index (χ4v) is 1.41. The van der Waals surface area contributed by atoms with Gasteiger partial charge in [0.2, 0.25) is 0 Å². The Hall–Kier alpha value is -2.30. The van der Waals surface area contributed by atoms with Crippen LogP contribution in [0.5, 0.6) is 0 Å². The number of carbonyl (C=O) groups is 2. The highest BCUT2D eigenvalue weighted by Gasteiger charge is 2.20. The Balaban J connectivity index is 2.82. The molecule has 0 spiro atoms. The lowest BCUT2D eigenvalue weighted by molar-refractivity contribution is -0.139. The number of nitrogens with one attached hydrogen (secondary N) is 1. The first-order chi connectivity index (χ1) is 9.58. The van der Waals surface area contributed by atoms with Crippen molar-refractivity contribution >= 4 is 17.6 Å². The molecule has 1 aromatic carbocycles. The molecule has 0 radical (unpaired) electrons. The summed E-state index contributed by atoms with van der Waals surface area (Å²) in [5.74, 6) is -1.26. The van der Waals surface area contributed by atoms with E-state index in [2.05, 4.69) is 5.32 Å². The molecular weight excluding hydrogens is 258 g/mol. The predicted molar refractivity (Wildman–Crippen MR) is 76.2 cm³/mol. The maximum Gasteiger partial charge on any atom is 0.346 e. The molecule has 0 fully saturated rings. The van der Waals surface area contributed by atoms with Crippen LogP contribution in [0.4, 0.5) is 5.69 Å². The molecule has 1 amide bonds. The molecule has 1 N–H and O–H groups in total. The second-order valence-electron chi connectivity index (χ2n) is 4.03. The van der Waals surface area contributed by atoms with E-state index in [0.717, 1.165) is 11.8 Å². The van der Waals surface area contributed by atoms with Gasteiger partial charge in [-0.1, -0.05) is 17.7 Å². The van der Waals surface area contributed by atoms with Crippen LogP contribution in [0, 0.1) is 6.92 Å². The van der Waals surface area contributed by atoms with Crippen molar-refractivity contribution in [1.82, 2.24) is 0 Å². The molecule has 5 nitrogen and oxygen atoms in total. The topological polar surface area (TPSA) is 64.6 Å². The molecule has 0 unspecified atom stereocenters. The Bertz CT molecular complexity index is 491. The molecule has 108 valence electrons. The van der Waals surface area contributed by atoms with Gasteiger partial charge in [0, 0.05) is 5.69 Å². The fraction of sp³-hybridized carbons (Fsp3) is 0.333. The van der Waals surface area contributed by atoms with E-state index in [9.17, 15) is 9.59 Å². The normalized spacial score (nSPS) is 10.8. The Morgan fingerprint density at radius 1 is 1.15 bits per heavy atom. The first-order valence-corrected chi connectivity index (χ1v) is 6.45. The van der Waals surface area contributed by atoms with Gasteiger partial charge in [-0.3, -0.25) is 4.79 Å². The number of hydrogen-bond donors (Lipinski definition) is 1. The number of aryl methyl sites for hydroxylation is 1. The van der Waals surface area contributed by atoms with Crippen LogP contribution in [0.25, 0.3) is 0 Å². The highest BCUT2D eigenvalue weighted by atomic mass is 16.5. The van der Waals surface area contributed by atoms with Crippen LogP contribution < -0.4 is 5.32 Å². The highest BCUT2D eigenvalue weighted by molar-refractivity contribution is 6.20. The zero-order valence-electron chi connectivity index (χ0n) is 11.9. The van der Waals surface area contributed by atoms with Gasteiger partial charge in [-0.25, -0.2) is 4.79 Å². The van der Waals surface area contributed by atoms with E-state index in [4.69, 9.17) is 9.47 Å². The summed E-state index contributed by atoms with van der Waals surface area (Å²) in [7, 11) is 0. The van der Waals surface area contributed by atoms with Gasteiger partial charge in [0.05, 0.1) is 13.2 Å². The molecule has 1 aromatic rings. The van der Waals surface area contributed by atoms with Gasteiger partial charge in [-0.05, 0) is 32.9 Å². The van der Waals surface area contributed by atoms with E-state index in [1.165, 1.54) is 0 Å². The lowest BCUT2D eigenvalue weighted by Gasteiger charge is -2.08. The molecule has 0 saturated heterocycles. The maximum absolute atomic E-state index is 12.1. The zero-order valence-corrected chi connectivity index (χ0v) is 11.9. The smallest absolute Gasteiger partial charge is 0.346 e. The van der Waals surface area contributed by atoms with Crippen LogP contribution in [0.3, 0.4) is 0 Å². The molecule has 20 heavy (non-hydrogen) atoms. The van der Waals surface area contributed by atoms with Gasteiger partial charge in [0.15, 0.2) is 5.57 Å². The van der Waals surface area contributed by atoms with Crippen molar-refractivity contribution in [3.63, 3.8) is 0 Å². The fourth-order valence-electron chi connectivity index (χ4n) is 1.41. The van der Waals surface area contributed by atoms with Crippen LogP contribution in [0.2, 0.25) is 0 Å². The number of rotatable bonds is 6. The quantitative estimate of drug-likeness (QED) is 0.285. The summed E-state index contributed by atoms with van der Waals surface area (Å²) in [6.07, 6.45) is 1.13. The average Bonchev–Trinajstić information content (AvgIpc) is 2.42. The maximum atomic E-state index is 12.1. The molecule has 0 aromatic heterocycles. The van der Waals surface area contributed by atoms with Gasteiger partial charge in [-0.2, -0.15) is 0 Å². The summed E-state index contributed by atoms with van der Waals surface area (Å²) in [6.45, 7) is 5.94. The minimum atomic E-state index is -0.703. The van der Waals surface area contributed by atoms with Gasteiger partial charge in [0.25, 0.3) is 5.91 Å². The Kier molecular flexibility index (Phi) is 6.29. The zero-order chi connectivity index (χ0) is 15.0. The SMILES string of the molecule is CCOC=C(C(=O)Nc1ccc(C)cc1)C(=O)OCC. The van der Waals surface area contributed by atoms with Crippen molar-refractivity contribution in [2.45, 2.75) is 20.8 Å². The van der Waals surface area contributed by atoms with Crippen LogP contribution in [0.1, 0.15) is 19.4 Å². The number of carbonyl (C=O) groups excluding carboxylic acids is 2. The summed E-state index contributed by atoms with van der Waals surface area (Å²) in [5, 5.41) is 2.63. The van der Waals surface area contributed by atoms with Crippen molar-refractivity contribution < 1.29 is 19.1 Å². The largest absolute Gasteiger partial charge is 0.500 e. The number of anilines is 1. The number of esters is 1. The minimum Gasteiger partial charge on any atom is -0.500 e. The highest BCUT2D eigenvalue weighted by Crippen LogP contribution is 2.11. The number of amides is 1. The molecule has 0 atom stereocenters. The standard InChI is InChI=1S/C15H19NO4/c1-4-19-10-13(15(18)20-5-2)14(17)16-12-8-6-11(3)7-9-12/h6-10H,4-5H2,1-3H3,(H,16,17). The predicted octanol–water partition coefficient (Wildman–Crippen LogP) is 2.42. The molecule has 0 aliphatic rings. The van der Waals surface area contributed by atoms with Crippen LogP contribution in [0.15, 0.2) is 36.1 Å². The van der Waals surface area contributed by atoms with Crippen molar-refractivity contribution in [2.75, 3.05) is 18.5 Å². The minimum absolute atomic E-state index is 0.158. The van der Waals surface area contributed by atoms with Gasteiger partial charge >= 0.3 is 5.97 Å². The summed E-state index contributed by atoms with van der Waals surface area (Å²) >= 11 is 0. The van der Waals surface area contributed by atoms with Crippen molar-refractivity contribution in [1.29, 1.82) is 0 Å². The molecule has 0 aliphatic heterocycles. The monoisotopic (exact) mass is 277 g/mol. The first-order valence-electron chi connectivity index (χ1n) is 6.45. The average molecular weight is 277 g/mol. The third kappa shape index (κ3) is 4.76. The molecule has 5 heteroatoms. The van der Waals surface area contributed by atoms with E-state index < -0.39 is 11.9 Å². The van der Waals surface area contributed by atoms with Crippen molar-refractivity contribution in [2.24, 2.45) is 0 Å². The third-order valence-electron chi connectivity index (χ3n) is 2.42. The van der Waals surface area contributed by atoms with Gasteiger partial charge < -0.3 is 14.8 Å². The lowest BCUT2D eigenvalue weighted by atomic mass is 10.2. The Morgan fingerprint density at radius 2 is 1.80 bits per heavy atom. The van der Waals surface area contributed by atoms with Crippen LogP contribution in [-0.2, 0) is 19.1 Å². The van der Waals surface area contributed by atoms with Gasteiger partial charge in [-0.15, -0.1) is 0 Å². The summed E-state index contributed by atoms with van der Waals surface area (Å²) in [4.78, 5) is 23.8. The molecule has 1 rings (SSSR count). The molecule has 0 aliphatic carbocycles. The summed E-state index contributed by atoms with van der Waals surface area (Å²) < 4.78 is 9.85. The number of ether oxygens (including phenoxy) is 2. The van der Waals surface area contributed by atoms with Gasteiger partial charge in [0.1, 0.15) is 6.26 Å². The number of benzene rings is 1. The van der Waals surface area contributed by atoms with Crippen LogP contribution in [-0.4, -0.2) is 25.1 Å². The Labute approximate surface area is 118 Å². The number of hydrogen-bond acceptors (Lipinski definition) is 4. The lowest BCUT2D eigenvalue weighted by Crippen LogP contribution is -2.22. The third-order valence-corrected chi connectivity index (χ3v) is 2.42. The Morgan fingerprint density at radius 3 is 2.35 bits per heavy atom.